The maximum atomic E-state index is 12.5. The molecule has 1 aliphatic heterocycles. The number of carbonyl (C=O) groups is 4. The lowest BCUT2D eigenvalue weighted by Crippen LogP contribution is -2.51. The number of likely N-dealkylation sites (tertiary alicyclic amines) is 1. The lowest BCUT2D eigenvalue weighted by molar-refractivity contribution is -0.142. The molecule has 1 aromatic carbocycles. The van der Waals surface area contributed by atoms with Crippen LogP contribution in [-0.2, 0) is 19.1 Å². The molecule has 1 aliphatic rings. The number of carbonyl (C=O) groups excluding carboxylic acids is 3. The van der Waals surface area contributed by atoms with Gasteiger partial charge < -0.3 is 25.4 Å². The van der Waals surface area contributed by atoms with Gasteiger partial charge in [-0.15, -0.1) is 11.8 Å². The predicted octanol–water partition coefficient (Wildman–Crippen LogP) is 2.89. The van der Waals surface area contributed by atoms with E-state index in [-0.39, 0.29) is 12.5 Å². The van der Waals surface area contributed by atoms with E-state index in [4.69, 9.17) is 23.2 Å². The third-order valence-corrected chi connectivity index (χ3v) is 6.92. The van der Waals surface area contributed by atoms with Gasteiger partial charge in [-0.25, -0.2) is 9.59 Å². The zero-order valence-corrected chi connectivity index (χ0v) is 20.4. The molecule has 1 aromatic rings. The van der Waals surface area contributed by atoms with E-state index in [9.17, 15) is 24.3 Å². The Kier molecular flexibility index (Phi) is 10.3. The van der Waals surface area contributed by atoms with Crippen LogP contribution in [-0.4, -0.2) is 72.9 Å². The zero-order valence-electron chi connectivity index (χ0n) is 18.1. The third kappa shape index (κ3) is 7.55. The summed E-state index contributed by atoms with van der Waals surface area (Å²) in [6.07, 6.45) is 4.88. The molecule has 2 rings (SSSR count). The molecule has 0 radical (unpaired) electrons. The Labute approximate surface area is 205 Å². The molecule has 0 bridgehead atoms. The van der Waals surface area contributed by atoms with E-state index in [0.29, 0.717) is 41.5 Å². The fourth-order valence-electron chi connectivity index (χ4n) is 3.21. The normalized spacial score (nSPS) is 15.2. The predicted molar refractivity (Wildman–Crippen MR) is 127 cm³/mol. The van der Waals surface area contributed by atoms with Crippen molar-refractivity contribution in [1.82, 2.24) is 15.5 Å². The van der Waals surface area contributed by atoms with Crippen LogP contribution in [0.5, 0.6) is 0 Å². The van der Waals surface area contributed by atoms with Gasteiger partial charge in [0.15, 0.2) is 0 Å². The molecule has 1 atom stereocenters. The van der Waals surface area contributed by atoms with E-state index in [0.717, 1.165) is 12.0 Å². The van der Waals surface area contributed by atoms with Crippen molar-refractivity contribution >= 4 is 64.9 Å². The van der Waals surface area contributed by atoms with Crippen molar-refractivity contribution < 1.29 is 29.0 Å². The highest BCUT2D eigenvalue weighted by atomic mass is 35.5. The summed E-state index contributed by atoms with van der Waals surface area (Å²) in [5.41, 5.74) is 0.627. The number of benzene rings is 1. The van der Waals surface area contributed by atoms with E-state index in [1.165, 1.54) is 17.8 Å². The average molecular weight is 518 g/mol. The second-order valence-corrected chi connectivity index (χ2v) is 8.79. The third-order valence-electron chi connectivity index (χ3n) is 5.13. The molecule has 1 fully saturated rings. The van der Waals surface area contributed by atoms with Crippen molar-refractivity contribution in [3.8, 4) is 0 Å². The van der Waals surface area contributed by atoms with Crippen molar-refractivity contribution in [2.45, 2.75) is 23.8 Å². The van der Waals surface area contributed by atoms with Gasteiger partial charge >= 0.3 is 12.1 Å². The van der Waals surface area contributed by atoms with Crippen LogP contribution in [0.15, 0.2) is 23.1 Å². The molecule has 1 heterocycles. The quantitative estimate of drug-likeness (QED) is 0.357. The molecule has 3 N–H and O–H groups in total. The summed E-state index contributed by atoms with van der Waals surface area (Å²) in [6, 6.07) is 2.33. The number of amides is 3. The van der Waals surface area contributed by atoms with Gasteiger partial charge in [-0.3, -0.25) is 9.59 Å². The van der Waals surface area contributed by atoms with Crippen molar-refractivity contribution in [1.29, 1.82) is 0 Å². The van der Waals surface area contributed by atoms with Gasteiger partial charge in [-0.1, -0.05) is 29.3 Å². The topological polar surface area (TPSA) is 125 Å². The van der Waals surface area contributed by atoms with Gasteiger partial charge in [0.2, 0.25) is 11.8 Å². The van der Waals surface area contributed by atoms with Gasteiger partial charge in [0.1, 0.15) is 6.04 Å². The Morgan fingerprint density at radius 2 is 1.91 bits per heavy atom. The van der Waals surface area contributed by atoms with Crippen LogP contribution in [0.2, 0.25) is 10.0 Å². The van der Waals surface area contributed by atoms with Crippen molar-refractivity contribution in [2.24, 2.45) is 5.92 Å². The molecule has 180 valence electrons. The van der Waals surface area contributed by atoms with Crippen LogP contribution < -0.4 is 10.6 Å². The number of rotatable bonds is 8. The van der Waals surface area contributed by atoms with Crippen LogP contribution in [0.3, 0.4) is 0 Å². The number of hydrogen-bond acceptors (Lipinski definition) is 6. The van der Waals surface area contributed by atoms with Gasteiger partial charge in [0.25, 0.3) is 0 Å². The fraction of sp³-hybridized carbons (Fsp3) is 0.429. The van der Waals surface area contributed by atoms with Crippen molar-refractivity contribution in [2.75, 3.05) is 33.0 Å². The number of nitrogens with zero attached hydrogens (tertiary/aromatic N) is 1. The summed E-state index contributed by atoms with van der Waals surface area (Å²) in [7, 11) is 1.15. The molecule has 0 aliphatic carbocycles. The molecule has 1 unspecified atom stereocenters. The number of piperidine rings is 1. The van der Waals surface area contributed by atoms with E-state index < -0.39 is 29.9 Å². The van der Waals surface area contributed by atoms with E-state index in [1.54, 1.807) is 17.0 Å². The molecule has 0 saturated carbocycles. The number of methoxy groups -OCH3 is 1. The Balaban J connectivity index is 1.89. The lowest BCUT2D eigenvalue weighted by atomic mass is 9.95. The van der Waals surface area contributed by atoms with Crippen molar-refractivity contribution in [3.05, 3.63) is 33.8 Å². The smallest absolute Gasteiger partial charge is 0.406 e. The number of alkyl carbamates (subject to hydrolysis) is 1. The van der Waals surface area contributed by atoms with Gasteiger partial charge in [0.05, 0.1) is 23.7 Å². The number of carboxylic acid groups (broad SMARTS) is 1. The van der Waals surface area contributed by atoms with E-state index in [1.807, 2.05) is 12.3 Å². The number of carboxylic acids is 1. The minimum atomic E-state index is -1.28. The highest BCUT2D eigenvalue weighted by Gasteiger charge is 2.29. The first-order valence-electron chi connectivity index (χ1n) is 10.0. The Bertz CT molecular complexity index is 935. The maximum absolute atomic E-state index is 12.5. The number of nitrogens with one attached hydrogen (secondary N) is 2. The SMILES string of the molecule is COC(=O)NCC(NC(=O)C1CCN(C(=O)C=Cc2ccc(SC)c(Cl)c2Cl)CC1)C(=O)O. The van der Waals surface area contributed by atoms with Gasteiger partial charge in [-0.05, 0) is 36.8 Å². The Hall–Kier alpha value is -2.43. The standard InChI is InChI=1S/C21H25Cl2N3O6S/c1-32-21(31)24-11-14(20(29)30)25-19(28)13-7-9-26(10-8-13)16(27)6-4-12-3-5-15(33-2)18(23)17(12)22/h3-6,13-14H,7-11H2,1-2H3,(H,24,31)(H,25,28)(H,29,30). The summed E-state index contributed by atoms with van der Waals surface area (Å²) in [4.78, 5) is 49.9. The fourth-order valence-corrected chi connectivity index (χ4v) is 4.38. The molecular formula is C21H25Cl2N3O6S. The maximum Gasteiger partial charge on any atom is 0.406 e. The van der Waals surface area contributed by atoms with Gasteiger partial charge in [0, 0.05) is 30.0 Å². The second-order valence-electron chi connectivity index (χ2n) is 7.19. The summed E-state index contributed by atoms with van der Waals surface area (Å²) in [5.74, 6) is -2.38. The molecule has 33 heavy (non-hydrogen) atoms. The molecular weight excluding hydrogens is 493 g/mol. The molecule has 3 amide bonds. The molecule has 9 nitrogen and oxygen atoms in total. The number of halogens is 2. The summed E-state index contributed by atoms with van der Waals surface area (Å²) in [5, 5.41) is 14.7. The Morgan fingerprint density at radius 1 is 1.24 bits per heavy atom. The number of ether oxygens (including phenoxy) is 1. The van der Waals surface area contributed by atoms with E-state index >= 15 is 0 Å². The largest absolute Gasteiger partial charge is 0.480 e. The highest BCUT2D eigenvalue weighted by Crippen LogP contribution is 2.35. The number of thioether (sulfide) groups is 1. The van der Waals surface area contributed by atoms with Crippen LogP contribution in [0.4, 0.5) is 4.79 Å². The number of aliphatic carboxylic acids is 1. The summed E-state index contributed by atoms with van der Waals surface area (Å²) in [6.45, 7) is 0.388. The molecule has 12 heteroatoms. The first-order chi connectivity index (χ1) is 15.7. The first kappa shape index (κ1) is 26.8. The molecule has 0 aromatic heterocycles. The first-order valence-corrected chi connectivity index (χ1v) is 12.0. The highest BCUT2D eigenvalue weighted by molar-refractivity contribution is 7.98. The summed E-state index contributed by atoms with van der Waals surface area (Å²) < 4.78 is 4.39. The Morgan fingerprint density at radius 3 is 2.48 bits per heavy atom. The van der Waals surface area contributed by atoms with Crippen LogP contribution in [0.1, 0.15) is 18.4 Å². The zero-order chi connectivity index (χ0) is 24.5. The minimum absolute atomic E-state index is 0.222. The molecule has 1 saturated heterocycles. The van der Waals surface area contributed by atoms with Crippen LogP contribution in [0, 0.1) is 5.92 Å². The second kappa shape index (κ2) is 12.7. The monoisotopic (exact) mass is 517 g/mol. The van der Waals surface area contributed by atoms with Crippen LogP contribution >= 0.6 is 35.0 Å². The van der Waals surface area contributed by atoms with E-state index in [2.05, 4.69) is 15.4 Å². The lowest BCUT2D eigenvalue weighted by Gasteiger charge is -2.31. The number of hydrogen-bond donors (Lipinski definition) is 3. The minimum Gasteiger partial charge on any atom is -0.480 e. The van der Waals surface area contributed by atoms with Gasteiger partial charge in [-0.2, -0.15) is 0 Å². The summed E-state index contributed by atoms with van der Waals surface area (Å²) >= 11 is 14.0. The van der Waals surface area contributed by atoms with Crippen molar-refractivity contribution in [3.63, 3.8) is 0 Å². The van der Waals surface area contributed by atoms with Crippen LogP contribution in [0.25, 0.3) is 6.08 Å². The average Bonchev–Trinajstić information content (AvgIpc) is 2.81. The molecule has 0 spiro atoms.